The average Bonchev–Trinajstić information content (AvgIpc) is 2.81. The minimum absolute atomic E-state index is 0.198. The number of rotatable bonds is 2. The molecule has 0 spiro atoms. The third-order valence-electron chi connectivity index (χ3n) is 3.24. The van der Waals surface area contributed by atoms with Gasteiger partial charge in [0.05, 0.1) is 5.92 Å². The van der Waals surface area contributed by atoms with Gasteiger partial charge in [0.2, 0.25) is 0 Å². The predicted molar refractivity (Wildman–Crippen MR) is 62.8 cm³/mol. The molecular weight excluding hydrogens is 237 g/mol. The van der Waals surface area contributed by atoms with Crippen molar-refractivity contribution in [3.8, 4) is 0 Å². The Hall–Kier alpha value is -1.91. The maximum atomic E-state index is 13.4. The Balaban J connectivity index is 2.12. The van der Waals surface area contributed by atoms with Crippen molar-refractivity contribution in [1.82, 2.24) is 4.90 Å². The van der Waals surface area contributed by atoms with E-state index in [0.717, 1.165) is 0 Å². The molecule has 0 bridgehead atoms. The molecule has 4 nitrogen and oxygen atoms in total. The van der Waals surface area contributed by atoms with E-state index in [9.17, 15) is 14.0 Å². The lowest BCUT2D eigenvalue weighted by atomic mass is 10.1. The Kier molecular flexibility index (Phi) is 3.32. The van der Waals surface area contributed by atoms with Crippen LogP contribution >= 0.6 is 0 Å². The molecule has 1 aliphatic rings. The molecule has 1 atom stereocenters. The second kappa shape index (κ2) is 4.76. The predicted octanol–water partition coefficient (Wildman–Crippen LogP) is 1.68. The van der Waals surface area contributed by atoms with Crippen molar-refractivity contribution >= 4 is 11.9 Å². The number of carboxylic acid groups (broad SMARTS) is 1. The maximum absolute atomic E-state index is 13.4. The fourth-order valence-electron chi connectivity index (χ4n) is 2.05. The van der Waals surface area contributed by atoms with Gasteiger partial charge in [0, 0.05) is 18.7 Å². The Morgan fingerprint density at radius 1 is 1.44 bits per heavy atom. The van der Waals surface area contributed by atoms with Gasteiger partial charge in [-0.05, 0) is 31.0 Å². The van der Waals surface area contributed by atoms with E-state index in [1.165, 1.54) is 11.0 Å². The molecule has 1 aromatic carbocycles. The van der Waals surface area contributed by atoms with E-state index < -0.39 is 17.7 Å². The number of hydrogen-bond acceptors (Lipinski definition) is 2. The third kappa shape index (κ3) is 2.34. The first-order chi connectivity index (χ1) is 8.49. The van der Waals surface area contributed by atoms with E-state index in [1.807, 2.05) is 0 Å². The van der Waals surface area contributed by atoms with E-state index in [-0.39, 0.29) is 18.0 Å². The van der Waals surface area contributed by atoms with Crippen molar-refractivity contribution in [3.05, 3.63) is 35.1 Å². The second-order valence-corrected chi connectivity index (χ2v) is 4.54. The van der Waals surface area contributed by atoms with E-state index in [1.54, 1.807) is 19.1 Å². The summed E-state index contributed by atoms with van der Waals surface area (Å²) in [5.41, 5.74) is 0.750. The van der Waals surface area contributed by atoms with Crippen LogP contribution in [0.4, 0.5) is 4.39 Å². The highest BCUT2D eigenvalue weighted by Crippen LogP contribution is 2.19. The van der Waals surface area contributed by atoms with Crippen LogP contribution in [0.1, 0.15) is 22.3 Å². The summed E-state index contributed by atoms with van der Waals surface area (Å²) < 4.78 is 13.4. The van der Waals surface area contributed by atoms with Crippen LogP contribution in [0.2, 0.25) is 0 Å². The van der Waals surface area contributed by atoms with Crippen molar-refractivity contribution in [2.75, 3.05) is 13.1 Å². The van der Waals surface area contributed by atoms with Crippen molar-refractivity contribution in [3.63, 3.8) is 0 Å². The van der Waals surface area contributed by atoms with Crippen LogP contribution in [0.5, 0.6) is 0 Å². The van der Waals surface area contributed by atoms with Crippen molar-refractivity contribution < 1.29 is 19.1 Å². The highest BCUT2D eigenvalue weighted by molar-refractivity contribution is 5.94. The Bertz CT molecular complexity index is 501. The van der Waals surface area contributed by atoms with E-state index in [2.05, 4.69) is 0 Å². The largest absolute Gasteiger partial charge is 0.481 e. The molecule has 0 radical (unpaired) electrons. The molecule has 1 amide bonds. The zero-order chi connectivity index (χ0) is 13.3. The van der Waals surface area contributed by atoms with E-state index in [4.69, 9.17) is 5.11 Å². The number of carboxylic acids is 1. The van der Waals surface area contributed by atoms with Gasteiger partial charge in [-0.1, -0.05) is 6.07 Å². The number of carbonyl (C=O) groups is 2. The highest BCUT2D eigenvalue weighted by atomic mass is 19.1. The quantitative estimate of drug-likeness (QED) is 0.870. The van der Waals surface area contributed by atoms with Crippen LogP contribution in [-0.4, -0.2) is 35.0 Å². The van der Waals surface area contributed by atoms with Gasteiger partial charge < -0.3 is 10.0 Å². The van der Waals surface area contributed by atoms with Crippen LogP contribution in [0.15, 0.2) is 18.2 Å². The summed E-state index contributed by atoms with van der Waals surface area (Å²) in [7, 11) is 0. The van der Waals surface area contributed by atoms with Gasteiger partial charge in [-0.15, -0.1) is 0 Å². The fourth-order valence-corrected chi connectivity index (χ4v) is 2.05. The molecule has 0 saturated carbocycles. The number of carbonyl (C=O) groups excluding carboxylic acids is 1. The van der Waals surface area contributed by atoms with Crippen molar-refractivity contribution in [2.45, 2.75) is 13.3 Å². The molecular formula is C13H14FNO3. The fraction of sp³-hybridized carbons (Fsp3) is 0.385. The highest BCUT2D eigenvalue weighted by Gasteiger charge is 2.31. The molecule has 1 unspecified atom stereocenters. The van der Waals surface area contributed by atoms with Crippen molar-refractivity contribution in [1.29, 1.82) is 0 Å². The molecule has 1 saturated heterocycles. The smallest absolute Gasteiger partial charge is 0.308 e. The number of halogens is 1. The first-order valence-corrected chi connectivity index (χ1v) is 5.77. The lowest BCUT2D eigenvalue weighted by Crippen LogP contribution is -2.30. The summed E-state index contributed by atoms with van der Waals surface area (Å²) in [5, 5.41) is 8.87. The van der Waals surface area contributed by atoms with Gasteiger partial charge in [-0.2, -0.15) is 0 Å². The maximum Gasteiger partial charge on any atom is 0.308 e. The van der Waals surface area contributed by atoms with Crippen LogP contribution in [-0.2, 0) is 4.79 Å². The summed E-state index contributed by atoms with van der Waals surface area (Å²) in [6.45, 7) is 2.23. The summed E-state index contributed by atoms with van der Waals surface area (Å²) >= 11 is 0. The summed E-state index contributed by atoms with van der Waals surface area (Å²) in [6.07, 6.45) is 0.454. The topological polar surface area (TPSA) is 57.6 Å². The summed E-state index contributed by atoms with van der Waals surface area (Å²) in [4.78, 5) is 24.3. The average molecular weight is 251 g/mol. The lowest BCUT2D eigenvalue weighted by molar-refractivity contribution is -0.141. The minimum Gasteiger partial charge on any atom is -0.481 e. The summed E-state index contributed by atoms with van der Waals surface area (Å²) in [6, 6.07) is 4.31. The van der Waals surface area contributed by atoms with Gasteiger partial charge in [-0.3, -0.25) is 9.59 Å². The molecule has 18 heavy (non-hydrogen) atoms. The number of aliphatic carboxylic acids is 1. The molecule has 96 valence electrons. The number of likely N-dealkylation sites (tertiary alicyclic amines) is 1. The van der Waals surface area contributed by atoms with Crippen LogP contribution in [0.3, 0.4) is 0 Å². The Morgan fingerprint density at radius 2 is 2.17 bits per heavy atom. The van der Waals surface area contributed by atoms with Crippen molar-refractivity contribution in [2.24, 2.45) is 5.92 Å². The van der Waals surface area contributed by atoms with Gasteiger partial charge >= 0.3 is 5.97 Å². The molecule has 1 aliphatic heterocycles. The third-order valence-corrected chi connectivity index (χ3v) is 3.24. The second-order valence-electron chi connectivity index (χ2n) is 4.54. The van der Waals surface area contributed by atoms with Gasteiger partial charge in [-0.25, -0.2) is 4.39 Å². The normalized spacial score (nSPS) is 19.0. The molecule has 0 aromatic heterocycles. The minimum atomic E-state index is -0.889. The van der Waals surface area contributed by atoms with E-state index >= 15 is 0 Å². The Morgan fingerprint density at radius 3 is 2.72 bits per heavy atom. The summed E-state index contributed by atoms with van der Waals surface area (Å²) in [5.74, 6) is -2.13. The Labute approximate surface area is 104 Å². The number of hydrogen-bond donors (Lipinski definition) is 1. The number of amides is 1. The molecule has 1 N–H and O–H groups in total. The molecule has 2 rings (SSSR count). The molecule has 1 aromatic rings. The van der Waals surface area contributed by atoms with E-state index in [0.29, 0.717) is 18.5 Å². The van der Waals surface area contributed by atoms with Crippen LogP contribution in [0, 0.1) is 18.7 Å². The number of benzene rings is 1. The SMILES string of the molecule is Cc1ccc(C(=O)N2CCC(C(=O)O)C2)cc1F. The van der Waals surface area contributed by atoms with Gasteiger partial charge in [0.1, 0.15) is 5.82 Å². The standard InChI is InChI=1S/C13H14FNO3/c1-8-2-3-9(6-11(8)14)12(16)15-5-4-10(7-15)13(17)18/h2-3,6,10H,4-5,7H2,1H3,(H,17,18). The lowest BCUT2D eigenvalue weighted by Gasteiger charge is -2.16. The van der Waals surface area contributed by atoms with Crippen LogP contribution in [0.25, 0.3) is 0 Å². The molecule has 1 heterocycles. The van der Waals surface area contributed by atoms with Gasteiger partial charge in [0.25, 0.3) is 5.91 Å². The zero-order valence-corrected chi connectivity index (χ0v) is 10.0. The zero-order valence-electron chi connectivity index (χ0n) is 10.0. The van der Waals surface area contributed by atoms with Crippen LogP contribution < -0.4 is 0 Å². The molecule has 5 heteroatoms. The number of nitrogens with zero attached hydrogens (tertiary/aromatic N) is 1. The monoisotopic (exact) mass is 251 g/mol. The molecule has 0 aliphatic carbocycles. The number of aryl methyl sites for hydroxylation is 1. The first kappa shape index (κ1) is 12.5. The molecule has 1 fully saturated rings. The first-order valence-electron chi connectivity index (χ1n) is 5.77. The van der Waals surface area contributed by atoms with Gasteiger partial charge in [0.15, 0.2) is 0 Å².